The molecule has 1 amide bonds. The number of nitrogens with zero attached hydrogens (tertiary/aromatic N) is 1. The van der Waals surface area contributed by atoms with Gasteiger partial charge in [-0.05, 0) is 54.8 Å². The minimum Gasteiger partial charge on any atom is -0.385 e. The number of ether oxygens (including phenoxy) is 1. The fourth-order valence-electron chi connectivity index (χ4n) is 4.18. The van der Waals surface area contributed by atoms with E-state index in [1.54, 1.807) is 16.7 Å². The molecule has 29 heavy (non-hydrogen) atoms. The third-order valence-corrected chi connectivity index (χ3v) is 6.63. The molecule has 1 fully saturated rings. The normalized spacial score (nSPS) is 24.1. The predicted octanol–water partition coefficient (Wildman–Crippen LogP) is 4.14. The lowest BCUT2D eigenvalue weighted by Gasteiger charge is -2.36. The van der Waals surface area contributed by atoms with Gasteiger partial charge in [-0.3, -0.25) is 4.79 Å². The lowest BCUT2D eigenvalue weighted by atomic mass is 9.84. The Morgan fingerprint density at radius 3 is 2.90 bits per heavy atom. The van der Waals surface area contributed by atoms with Gasteiger partial charge < -0.3 is 14.7 Å². The minimum absolute atomic E-state index is 0.0550. The van der Waals surface area contributed by atoms with E-state index in [1.807, 2.05) is 31.2 Å². The van der Waals surface area contributed by atoms with Gasteiger partial charge in [-0.2, -0.15) is 0 Å². The fraction of sp³-hybridized carbons (Fsp3) is 0.375. The van der Waals surface area contributed by atoms with E-state index < -0.39 is 5.60 Å². The molecule has 1 N–H and O–H groups in total. The summed E-state index contributed by atoms with van der Waals surface area (Å²) in [6.45, 7) is 2.89. The monoisotopic (exact) mass is 407 g/mol. The zero-order valence-corrected chi connectivity index (χ0v) is 17.4. The summed E-state index contributed by atoms with van der Waals surface area (Å²) < 4.78 is 5.60. The average Bonchev–Trinajstić information content (AvgIpc) is 2.70. The van der Waals surface area contributed by atoms with Crippen molar-refractivity contribution in [1.29, 1.82) is 0 Å². The smallest absolute Gasteiger partial charge is 0.228 e. The number of carbonyl (C=O) groups is 1. The fourth-order valence-corrected chi connectivity index (χ4v) is 5.12. The quantitative estimate of drug-likeness (QED) is 0.774. The number of hydrogen-bond donors (Lipinski definition) is 1. The molecule has 0 aliphatic carbocycles. The first-order valence-electron chi connectivity index (χ1n) is 9.98. The van der Waals surface area contributed by atoms with E-state index in [0.717, 1.165) is 33.0 Å². The van der Waals surface area contributed by atoms with E-state index in [2.05, 4.69) is 24.1 Å². The van der Waals surface area contributed by atoms with Gasteiger partial charge in [0.05, 0.1) is 24.9 Å². The van der Waals surface area contributed by atoms with Crippen molar-refractivity contribution in [3.8, 4) is 12.3 Å². The zero-order valence-electron chi connectivity index (χ0n) is 16.6. The van der Waals surface area contributed by atoms with Crippen LogP contribution >= 0.6 is 11.8 Å². The van der Waals surface area contributed by atoms with Gasteiger partial charge in [0, 0.05) is 34.7 Å². The summed E-state index contributed by atoms with van der Waals surface area (Å²) in [5.74, 6) is 2.66. The highest BCUT2D eigenvalue weighted by Crippen LogP contribution is 2.38. The van der Waals surface area contributed by atoms with Gasteiger partial charge in [-0.25, -0.2) is 0 Å². The Hall–Kier alpha value is -2.26. The first-order chi connectivity index (χ1) is 14.0. The van der Waals surface area contributed by atoms with Gasteiger partial charge in [-0.1, -0.05) is 29.8 Å². The van der Waals surface area contributed by atoms with E-state index in [9.17, 15) is 9.90 Å². The van der Waals surface area contributed by atoms with Crippen molar-refractivity contribution >= 4 is 23.4 Å². The molecule has 2 aromatic carbocycles. The van der Waals surface area contributed by atoms with Gasteiger partial charge in [0.15, 0.2) is 0 Å². The largest absolute Gasteiger partial charge is 0.385 e. The summed E-state index contributed by atoms with van der Waals surface area (Å²) in [6, 6.07) is 14.3. The van der Waals surface area contributed by atoms with Crippen molar-refractivity contribution in [2.75, 3.05) is 18.1 Å². The van der Waals surface area contributed by atoms with Crippen LogP contribution in [0.15, 0.2) is 52.3 Å². The lowest BCUT2D eigenvalue weighted by Crippen LogP contribution is -2.37. The van der Waals surface area contributed by atoms with Crippen LogP contribution in [-0.4, -0.2) is 30.3 Å². The molecule has 0 radical (unpaired) electrons. The molecule has 2 atom stereocenters. The third-order valence-electron chi connectivity index (χ3n) is 5.65. The van der Waals surface area contributed by atoms with Crippen LogP contribution in [0.25, 0.3) is 0 Å². The molecule has 0 saturated carbocycles. The molecule has 2 aliphatic rings. The maximum atomic E-state index is 12.2. The third kappa shape index (κ3) is 4.20. The van der Waals surface area contributed by atoms with E-state index in [1.165, 1.54) is 0 Å². The van der Waals surface area contributed by atoms with Crippen LogP contribution in [0, 0.1) is 12.3 Å². The van der Waals surface area contributed by atoms with Crippen LogP contribution in [0.5, 0.6) is 0 Å². The van der Waals surface area contributed by atoms with E-state index in [4.69, 9.17) is 11.2 Å². The number of aryl methyl sites for hydroxylation is 1. The second-order valence-electron chi connectivity index (χ2n) is 7.77. The molecule has 2 aromatic rings. The molecule has 1 saturated heterocycles. The molecular weight excluding hydrogens is 382 g/mol. The van der Waals surface area contributed by atoms with Crippen molar-refractivity contribution in [1.82, 2.24) is 0 Å². The van der Waals surface area contributed by atoms with Crippen LogP contribution in [0.3, 0.4) is 0 Å². The summed E-state index contributed by atoms with van der Waals surface area (Å²) in [6.07, 6.45) is 7.94. The second kappa shape index (κ2) is 8.23. The zero-order chi connectivity index (χ0) is 20.4. The molecule has 4 rings (SSSR count). The molecule has 0 unspecified atom stereocenters. The predicted molar refractivity (Wildman–Crippen MR) is 115 cm³/mol. The maximum absolute atomic E-state index is 12.2. The van der Waals surface area contributed by atoms with E-state index in [-0.39, 0.29) is 12.0 Å². The van der Waals surface area contributed by atoms with Gasteiger partial charge >= 0.3 is 0 Å². The average molecular weight is 408 g/mol. The van der Waals surface area contributed by atoms with Gasteiger partial charge in [0.2, 0.25) is 5.91 Å². The molecule has 0 spiro atoms. The number of benzene rings is 2. The molecular formula is C24H25NO3S. The Morgan fingerprint density at radius 1 is 1.28 bits per heavy atom. The number of carbonyl (C=O) groups excluding carboxylic acids is 1. The highest BCUT2D eigenvalue weighted by molar-refractivity contribution is 7.99. The highest BCUT2D eigenvalue weighted by atomic mass is 32.2. The van der Waals surface area contributed by atoms with Crippen molar-refractivity contribution in [2.45, 2.75) is 54.1 Å². The number of fused-ring (bicyclic) bond motifs is 1. The van der Waals surface area contributed by atoms with Crippen molar-refractivity contribution in [2.24, 2.45) is 0 Å². The van der Waals surface area contributed by atoms with Crippen LogP contribution in [0.4, 0.5) is 5.69 Å². The summed E-state index contributed by atoms with van der Waals surface area (Å²) in [5.41, 5.74) is 2.18. The standard InChI is InChI=1S/C24H25NO3S/c1-3-12-25-22-9-8-21(14-18(22)7-10-23(25)26)29-20-6-4-5-19(15-20)24(27)11-13-28-17(2)16-24/h1,4-6,8-9,14-15,17,27H,7,10-13,16H2,2H3/t17-,24+/m0/s1. The van der Waals surface area contributed by atoms with E-state index >= 15 is 0 Å². The van der Waals surface area contributed by atoms with Crippen molar-refractivity contribution in [3.05, 3.63) is 53.6 Å². The molecule has 5 heteroatoms. The summed E-state index contributed by atoms with van der Waals surface area (Å²) >= 11 is 1.67. The van der Waals surface area contributed by atoms with Crippen molar-refractivity contribution < 1.29 is 14.6 Å². The first kappa shape index (κ1) is 20.0. The molecule has 4 nitrogen and oxygen atoms in total. The summed E-state index contributed by atoms with van der Waals surface area (Å²) in [5, 5.41) is 11.1. The number of amides is 1. The summed E-state index contributed by atoms with van der Waals surface area (Å²) in [7, 11) is 0. The number of anilines is 1. The van der Waals surface area contributed by atoms with Gasteiger partial charge in [0.25, 0.3) is 0 Å². The first-order valence-corrected chi connectivity index (χ1v) is 10.8. The molecule has 150 valence electrons. The van der Waals surface area contributed by atoms with Crippen LogP contribution in [0.1, 0.15) is 37.3 Å². The van der Waals surface area contributed by atoms with Crippen LogP contribution < -0.4 is 4.90 Å². The number of aliphatic hydroxyl groups is 1. The highest BCUT2D eigenvalue weighted by Gasteiger charge is 2.35. The SMILES string of the molecule is C#CCN1C(=O)CCc2cc(Sc3cccc([C@@]4(O)CCO[C@@H](C)C4)c3)ccc21. The Kier molecular flexibility index (Phi) is 5.69. The minimum atomic E-state index is -0.833. The summed E-state index contributed by atoms with van der Waals surface area (Å²) in [4.78, 5) is 16.0. The Labute approximate surface area is 176 Å². The molecule has 2 heterocycles. The topological polar surface area (TPSA) is 49.8 Å². The number of terminal acetylenes is 1. The van der Waals surface area contributed by atoms with Crippen molar-refractivity contribution in [3.63, 3.8) is 0 Å². The van der Waals surface area contributed by atoms with E-state index in [0.29, 0.717) is 32.4 Å². The van der Waals surface area contributed by atoms with Gasteiger partial charge in [-0.15, -0.1) is 6.42 Å². The van der Waals surface area contributed by atoms with Crippen LogP contribution in [-0.2, 0) is 21.6 Å². The maximum Gasteiger partial charge on any atom is 0.228 e. The Morgan fingerprint density at radius 2 is 2.10 bits per heavy atom. The number of hydrogen-bond acceptors (Lipinski definition) is 4. The second-order valence-corrected chi connectivity index (χ2v) is 8.92. The lowest BCUT2D eigenvalue weighted by molar-refractivity contribution is -0.118. The Bertz CT molecular complexity index is 967. The van der Waals surface area contributed by atoms with Gasteiger partial charge in [0.1, 0.15) is 0 Å². The van der Waals surface area contributed by atoms with Crippen LogP contribution in [0.2, 0.25) is 0 Å². The molecule has 0 bridgehead atoms. The number of rotatable bonds is 4. The Balaban J connectivity index is 1.56. The molecule has 0 aromatic heterocycles. The molecule has 2 aliphatic heterocycles.